The first-order valence-electron chi connectivity index (χ1n) is 9.61. The van der Waals surface area contributed by atoms with Crippen molar-refractivity contribution >= 4 is 58.4 Å². The summed E-state index contributed by atoms with van der Waals surface area (Å²) >= 11 is 12.7. The van der Waals surface area contributed by atoms with Crippen molar-refractivity contribution < 1.29 is 32.3 Å². The molecule has 182 valence electrons. The fourth-order valence-corrected chi connectivity index (χ4v) is 3.91. The van der Waals surface area contributed by atoms with Gasteiger partial charge in [-0.05, 0) is 42.5 Å². The SMILES string of the molecule is O=C(CSc1ncccc1C(=O)OCC(=O)c1ccc(Cl)cc1Cl)Nc1ccc(C(F)(F)F)cn1. The van der Waals surface area contributed by atoms with Crippen LogP contribution in [0.1, 0.15) is 26.3 Å². The highest BCUT2D eigenvalue weighted by atomic mass is 35.5. The number of alkyl halides is 3. The molecule has 13 heteroatoms. The average Bonchev–Trinajstić information content (AvgIpc) is 2.81. The minimum Gasteiger partial charge on any atom is -0.454 e. The third-order valence-electron chi connectivity index (χ3n) is 4.26. The van der Waals surface area contributed by atoms with Crippen LogP contribution in [0.3, 0.4) is 0 Å². The molecule has 2 heterocycles. The predicted octanol–water partition coefficient (Wildman–Crippen LogP) is 5.57. The number of ketones is 1. The molecule has 7 nitrogen and oxygen atoms in total. The molecule has 0 fully saturated rings. The Morgan fingerprint density at radius 1 is 1.03 bits per heavy atom. The Bertz CT molecular complexity index is 1260. The number of ether oxygens (including phenoxy) is 1. The van der Waals surface area contributed by atoms with E-state index < -0.39 is 36.0 Å². The number of anilines is 1. The number of carbonyl (C=O) groups excluding carboxylic acids is 3. The van der Waals surface area contributed by atoms with Crippen LogP contribution in [0.25, 0.3) is 0 Å². The lowest BCUT2D eigenvalue weighted by molar-refractivity contribution is -0.137. The van der Waals surface area contributed by atoms with Crippen molar-refractivity contribution in [2.75, 3.05) is 17.7 Å². The summed E-state index contributed by atoms with van der Waals surface area (Å²) in [5.74, 6) is -2.26. The van der Waals surface area contributed by atoms with Crippen LogP contribution in [0.15, 0.2) is 59.9 Å². The molecular formula is C22H14Cl2F3N3O4S. The number of nitrogens with one attached hydrogen (secondary N) is 1. The average molecular weight is 544 g/mol. The van der Waals surface area contributed by atoms with E-state index in [4.69, 9.17) is 27.9 Å². The fourth-order valence-electron chi connectivity index (χ4n) is 2.61. The lowest BCUT2D eigenvalue weighted by atomic mass is 10.1. The maximum Gasteiger partial charge on any atom is 0.417 e. The van der Waals surface area contributed by atoms with Crippen LogP contribution in [0, 0.1) is 0 Å². The summed E-state index contributed by atoms with van der Waals surface area (Å²) in [7, 11) is 0. The minimum atomic E-state index is -4.54. The van der Waals surface area contributed by atoms with E-state index in [0.29, 0.717) is 11.2 Å². The molecule has 0 saturated carbocycles. The number of hydrogen-bond donors (Lipinski definition) is 1. The standard InChI is InChI=1S/C22H14Cl2F3N3O4S/c23-13-4-5-14(16(24)8-13)17(31)10-34-21(33)15-2-1-7-28-20(15)35-11-19(32)30-18-6-3-12(9-29-18)22(25,26)27/h1-9H,10-11H2,(H,29,30,32). The molecule has 0 atom stereocenters. The fraction of sp³-hybridized carbons (Fsp3) is 0.136. The van der Waals surface area contributed by atoms with Gasteiger partial charge < -0.3 is 10.1 Å². The first-order chi connectivity index (χ1) is 16.5. The number of pyridine rings is 2. The molecule has 0 aliphatic carbocycles. The third kappa shape index (κ3) is 7.41. The molecule has 0 saturated heterocycles. The Hall–Kier alpha value is -3.15. The van der Waals surface area contributed by atoms with Crippen LogP contribution in [0.4, 0.5) is 19.0 Å². The third-order valence-corrected chi connectivity index (χ3v) is 5.81. The molecule has 1 aromatic carbocycles. The second-order valence-corrected chi connectivity index (χ2v) is 8.55. The zero-order valence-corrected chi connectivity index (χ0v) is 19.8. The van der Waals surface area contributed by atoms with Crippen molar-refractivity contribution in [2.24, 2.45) is 0 Å². The number of hydrogen-bond acceptors (Lipinski definition) is 7. The van der Waals surface area contributed by atoms with E-state index in [2.05, 4.69) is 15.3 Å². The maximum atomic E-state index is 12.6. The zero-order chi connectivity index (χ0) is 25.6. The number of rotatable bonds is 8. The van der Waals surface area contributed by atoms with Crippen molar-refractivity contribution in [3.63, 3.8) is 0 Å². The van der Waals surface area contributed by atoms with Crippen LogP contribution in [-0.2, 0) is 15.7 Å². The van der Waals surface area contributed by atoms with E-state index in [-0.39, 0.29) is 32.7 Å². The van der Waals surface area contributed by atoms with E-state index in [1.807, 2.05) is 0 Å². The van der Waals surface area contributed by atoms with Crippen LogP contribution in [0.2, 0.25) is 10.0 Å². The monoisotopic (exact) mass is 543 g/mol. The topological polar surface area (TPSA) is 98.3 Å². The Morgan fingerprint density at radius 3 is 2.46 bits per heavy atom. The summed E-state index contributed by atoms with van der Waals surface area (Å²) in [5, 5.41) is 2.98. The summed E-state index contributed by atoms with van der Waals surface area (Å²) in [5.41, 5.74) is -0.788. The molecule has 0 aliphatic heterocycles. The van der Waals surface area contributed by atoms with Gasteiger partial charge in [0.2, 0.25) is 11.7 Å². The van der Waals surface area contributed by atoms with Gasteiger partial charge in [0.05, 0.1) is 21.9 Å². The van der Waals surface area contributed by atoms with Gasteiger partial charge in [0.25, 0.3) is 0 Å². The van der Waals surface area contributed by atoms with Gasteiger partial charge in [-0.25, -0.2) is 14.8 Å². The van der Waals surface area contributed by atoms with Crippen molar-refractivity contribution in [2.45, 2.75) is 11.2 Å². The van der Waals surface area contributed by atoms with E-state index in [1.165, 1.54) is 36.5 Å². The van der Waals surface area contributed by atoms with Gasteiger partial charge in [-0.3, -0.25) is 9.59 Å². The van der Waals surface area contributed by atoms with Crippen LogP contribution < -0.4 is 5.32 Å². The zero-order valence-electron chi connectivity index (χ0n) is 17.4. The molecule has 3 aromatic rings. The smallest absolute Gasteiger partial charge is 0.417 e. The highest BCUT2D eigenvalue weighted by Gasteiger charge is 2.30. The van der Waals surface area contributed by atoms with Gasteiger partial charge in [0, 0.05) is 23.0 Å². The molecule has 35 heavy (non-hydrogen) atoms. The molecular weight excluding hydrogens is 530 g/mol. The molecule has 0 spiro atoms. The molecule has 0 bridgehead atoms. The molecule has 0 unspecified atom stereocenters. The Morgan fingerprint density at radius 2 is 1.80 bits per heavy atom. The largest absolute Gasteiger partial charge is 0.454 e. The van der Waals surface area contributed by atoms with E-state index in [0.717, 1.165) is 23.9 Å². The summed E-state index contributed by atoms with van der Waals surface area (Å²) < 4.78 is 42.9. The number of aromatic nitrogens is 2. The first-order valence-corrected chi connectivity index (χ1v) is 11.3. The second kappa shape index (κ2) is 11.5. The van der Waals surface area contributed by atoms with Gasteiger partial charge >= 0.3 is 12.1 Å². The lowest BCUT2D eigenvalue weighted by Gasteiger charge is -2.10. The quantitative estimate of drug-likeness (QED) is 0.225. The minimum absolute atomic E-state index is 0.0213. The van der Waals surface area contributed by atoms with Crippen LogP contribution in [-0.4, -0.2) is 40.0 Å². The molecule has 0 radical (unpaired) electrons. The highest BCUT2D eigenvalue weighted by molar-refractivity contribution is 8.00. The Kier molecular flexibility index (Phi) is 8.71. The van der Waals surface area contributed by atoms with Crippen molar-refractivity contribution in [3.05, 3.63) is 81.6 Å². The summed E-state index contributed by atoms with van der Waals surface area (Å²) in [4.78, 5) is 44.6. The second-order valence-electron chi connectivity index (χ2n) is 6.75. The summed E-state index contributed by atoms with van der Waals surface area (Å²) in [6.45, 7) is -0.584. The maximum absolute atomic E-state index is 12.6. The number of esters is 1. The predicted molar refractivity (Wildman–Crippen MR) is 124 cm³/mol. The van der Waals surface area contributed by atoms with Crippen LogP contribution >= 0.6 is 35.0 Å². The Balaban J connectivity index is 1.57. The van der Waals surface area contributed by atoms with Crippen molar-refractivity contribution in [1.29, 1.82) is 0 Å². The first kappa shape index (κ1) is 26.5. The Labute approximate surface area is 211 Å². The molecule has 1 N–H and O–H groups in total. The highest BCUT2D eigenvalue weighted by Crippen LogP contribution is 2.29. The summed E-state index contributed by atoms with van der Waals surface area (Å²) in [6, 6.07) is 8.98. The van der Waals surface area contributed by atoms with Crippen molar-refractivity contribution in [3.8, 4) is 0 Å². The summed E-state index contributed by atoms with van der Waals surface area (Å²) in [6.07, 6.45) is -2.54. The normalized spacial score (nSPS) is 11.1. The van der Waals surface area contributed by atoms with Crippen LogP contribution in [0.5, 0.6) is 0 Å². The van der Waals surface area contributed by atoms with Gasteiger partial charge in [-0.1, -0.05) is 35.0 Å². The number of nitrogens with zero attached hydrogens (tertiary/aromatic N) is 2. The van der Waals surface area contributed by atoms with Gasteiger partial charge in [0.15, 0.2) is 6.61 Å². The molecule has 0 aliphatic rings. The van der Waals surface area contributed by atoms with E-state index in [9.17, 15) is 27.6 Å². The number of benzene rings is 1. The van der Waals surface area contributed by atoms with Gasteiger partial charge in [-0.2, -0.15) is 13.2 Å². The van der Waals surface area contributed by atoms with Gasteiger partial charge in [-0.15, -0.1) is 0 Å². The number of amides is 1. The lowest BCUT2D eigenvalue weighted by Crippen LogP contribution is -2.17. The van der Waals surface area contributed by atoms with Gasteiger partial charge in [0.1, 0.15) is 10.8 Å². The van der Waals surface area contributed by atoms with E-state index in [1.54, 1.807) is 0 Å². The van der Waals surface area contributed by atoms with Crippen molar-refractivity contribution in [1.82, 2.24) is 9.97 Å². The number of carbonyl (C=O) groups is 3. The number of thioether (sulfide) groups is 1. The molecule has 1 amide bonds. The molecule has 2 aromatic heterocycles. The number of halogens is 5. The number of Topliss-reactive ketones (excluding diaryl/α,β-unsaturated/α-hetero) is 1. The molecule has 3 rings (SSSR count). The van der Waals surface area contributed by atoms with E-state index >= 15 is 0 Å².